The second kappa shape index (κ2) is 10.2. The predicted octanol–water partition coefficient (Wildman–Crippen LogP) is 3.93. The van der Waals surface area contributed by atoms with Gasteiger partial charge in [-0.2, -0.15) is 0 Å². The van der Waals surface area contributed by atoms with Gasteiger partial charge in [0.2, 0.25) is 0 Å². The maximum Gasteiger partial charge on any atom is 0.295 e. The monoisotopic (exact) mass is 502 g/mol. The van der Waals surface area contributed by atoms with Gasteiger partial charge in [-0.1, -0.05) is 26.0 Å². The number of benzene rings is 2. The predicted molar refractivity (Wildman–Crippen MR) is 126 cm³/mol. The summed E-state index contributed by atoms with van der Waals surface area (Å²) in [5.74, 6) is -0.976. The van der Waals surface area contributed by atoms with Crippen molar-refractivity contribution in [2.75, 3.05) is 33.3 Å². The van der Waals surface area contributed by atoms with Crippen LogP contribution in [0.1, 0.15) is 31.0 Å². The van der Waals surface area contributed by atoms with Gasteiger partial charge in [-0.05, 0) is 64.9 Å². The van der Waals surface area contributed by atoms with Crippen LogP contribution in [0.2, 0.25) is 0 Å². The number of amides is 1. The molecule has 0 saturated carbocycles. The van der Waals surface area contributed by atoms with E-state index in [1.165, 1.54) is 24.1 Å². The third-order valence-electron chi connectivity index (χ3n) is 5.73. The molecule has 0 aromatic heterocycles. The van der Waals surface area contributed by atoms with Crippen molar-refractivity contribution >= 4 is 33.4 Å². The number of likely N-dealkylation sites (N-methyl/N-ethyl adjacent to an activating group) is 1. The van der Waals surface area contributed by atoms with E-state index in [0.717, 1.165) is 13.1 Å². The Hall–Kier alpha value is -2.84. The molecule has 1 atom stereocenters. The minimum absolute atomic E-state index is 0.0253. The number of hydrogen-bond donors (Lipinski definition) is 2. The second-order valence-electron chi connectivity index (χ2n) is 7.46. The number of ether oxygens (including phenoxy) is 1. The van der Waals surface area contributed by atoms with Gasteiger partial charge in [-0.25, -0.2) is 0 Å². The standard InChI is InChI=1S/C24H27BrN2O5/c1-4-26(5-2)12-13-27-21(15-6-9-17(28)10-7-15)20(23(30)24(27)31)22(29)16-8-11-19(32-3)18(25)14-16/h6-11,14,21,28-29H,4-5,12-13H2,1-3H3/b22-20-. The number of Topliss-reactive ketones (excluding diaryl/α,β-unsaturated/α-hetero) is 1. The summed E-state index contributed by atoms with van der Waals surface area (Å²) in [7, 11) is 1.53. The maximum atomic E-state index is 13.1. The smallest absolute Gasteiger partial charge is 0.295 e. The van der Waals surface area contributed by atoms with Gasteiger partial charge in [0.05, 0.1) is 23.2 Å². The second-order valence-corrected chi connectivity index (χ2v) is 8.31. The fourth-order valence-corrected chi connectivity index (χ4v) is 4.41. The van der Waals surface area contributed by atoms with E-state index in [-0.39, 0.29) is 17.1 Å². The molecule has 3 rings (SSSR count). The van der Waals surface area contributed by atoms with Crippen molar-refractivity contribution < 1.29 is 24.5 Å². The SMILES string of the molecule is CCN(CC)CCN1C(=O)C(=O)/C(=C(\O)c2ccc(OC)c(Br)c2)C1c1ccc(O)cc1. The van der Waals surface area contributed by atoms with Gasteiger partial charge >= 0.3 is 0 Å². The highest BCUT2D eigenvalue weighted by Crippen LogP contribution is 2.40. The third kappa shape index (κ3) is 4.66. The Morgan fingerprint density at radius 2 is 1.78 bits per heavy atom. The van der Waals surface area contributed by atoms with Gasteiger partial charge in [0.1, 0.15) is 17.3 Å². The fourth-order valence-electron chi connectivity index (χ4n) is 3.87. The first-order valence-corrected chi connectivity index (χ1v) is 11.2. The Morgan fingerprint density at radius 3 is 2.34 bits per heavy atom. The number of nitrogens with zero attached hydrogens (tertiary/aromatic N) is 2. The third-order valence-corrected chi connectivity index (χ3v) is 6.35. The van der Waals surface area contributed by atoms with Gasteiger partial charge < -0.3 is 24.7 Å². The van der Waals surface area contributed by atoms with Gasteiger partial charge in [-0.3, -0.25) is 9.59 Å². The van der Waals surface area contributed by atoms with E-state index in [1.807, 2.05) is 13.8 Å². The average Bonchev–Trinajstić information content (AvgIpc) is 3.04. The number of carbonyl (C=O) groups is 2. The molecule has 7 nitrogen and oxygen atoms in total. The molecule has 170 valence electrons. The van der Waals surface area contributed by atoms with Crippen molar-refractivity contribution in [2.24, 2.45) is 0 Å². The van der Waals surface area contributed by atoms with Crippen LogP contribution < -0.4 is 4.74 Å². The van der Waals surface area contributed by atoms with E-state index in [0.29, 0.717) is 34.4 Å². The molecule has 0 bridgehead atoms. The molecule has 0 aliphatic carbocycles. The molecule has 8 heteroatoms. The van der Waals surface area contributed by atoms with E-state index < -0.39 is 17.7 Å². The van der Waals surface area contributed by atoms with Crippen LogP contribution in [0.3, 0.4) is 0 Å². The van der Waals surface area contributed by atoms with Crippen LogP contribution in [0.15, 0.2) is 52.5 Å². The van der Waals surface area contributed by atoms with Crippen molar-refractivity contribution in [1.29, 1.82) is 0 Å². The Balaban J connectivity index is 2.10. The Morgan fingerprint density at radius 1 is 1.12 bits per heavy atom. The van der Waals surface area contributed by atoms with Gasteiger partial charge in [0.25, 0.3) is 11.7 Å². The van der Waals surface area contributed by atoms with Crippen molar-refractivity contribution in [2.45, 2.75) is 19.9 Å². The largest absolute Gasteiger partial charge is 0.508 e. The summed E-state index contributed by atoms with van der Waals surface area (Å²) < 4.78 is 5.85. The fraction of sp³-hybridized carbons (Fsp3) is 0.333. The highest BCUT2D eigenvalue weighted by Gasteiger charge is 2.46. The minimum Gasteiger partial charge on any atom is -0.508 e. The van der Waals surface area contributed by atoms with Gasteiger partial charge in [0.15, 0.2) is 0 Å². The molecule has 1 fully saturated rings. The minimum atomic E-state index is -0.757. The molecule has 0 spiro atoms. The first-order chi connectivity index (χ1) is 15.3. The molecule has 1 heterocycles. The number of hydrogen-bond acceptors (Lipinski definition) is 6. The lowest BCUT2D eigenvalue weighted by Crippen LogP contribution is -2.38. The lowest BCUT2D eigenvalue weighted by Gasteiger charge is -2.28. The van der Waals surface area contributed by atoms with Crippen LogP contribution in [-0.4, -0.2) is 65.0 Å². The average molecular weight is 503 g/mol. The number of rotatable bonds is 8. The summed E-state index contributed by atoms with van der Waals surface area (Å²) >= 11 is 3.39. The summed E-state index contributed by atoms with van der Waals surface area (Å²) in [6.45, 7) is 6.66. The normalized spacial score (nSPS) is 17.9. The van der Waals surface area contributed by atoms with Gasteiger partial charge in [0, 0.05) is 18.7 Å². The number of carbonyl (C=O) groups excluding carboxylic acids is 2. The molecular formula is C24H27BrN2O5. The van der Waals surface area contributed by atoms with E-state index >= 15 is 0 Å². The summed E-state index contributed by atoms with van der Waals surface area (Å²) in [5, 5.41) is 20.8. The Kier molecular flexibility index (Phi) is 7.58. The van der Waals surface area contributed by atoms with Crippen molar-refractivity contribution in [3.05, 3.63) is 63.6 Å². The van der Waals surface area contributed by atoms with Gasteiger partial charge in [-0.15, -0.1) is 0 Å². The van der Waals surface area contributed by atoms with Crippen LogP contribution in [-0.2, 0) is 9.59 Å². The highest BCUT2D eigenvalue weighted by molar-refractivity contribution is 9.10. The number of phenolic OH excluding ortho intramolecular Hbond substituents is 1. The van der Waals surface area contributed by atoms with Crippen molar-refractivity contribution in [3.8, 4) is 11.5 Å². The van der Waals surface area contributed by atoms with Crippen LogP contribution in [0.25, 0.3) is 5.76 Å². The number of likely N-dealkylation sites (tertiary alicyclic amines) is 1. The summed E-state index contributed by atoms with van der Waals surface area (Å²) in [4.78, 5) is 29.7. The summed E-state index contributed by atoms with van der Waals surface area (Å²) in [6.07, 6.45) is 0. The molecule has 0 radical (unpaired) electrons. The quantitative estimate of drug-likeness (QED) is 0.323. The summed E-state index contributed by atoms with van der Waals surface area (Å²) in [5.41, 5.74) is 1.05. The zero-order valence-electron chi connectivity index (χ0n) is 18.3. The topological polar surface area (TPSA) is 90.3 Å². The zero-order chi connectivity index (χ0) is 23.4. The van der Waals surface area contributed by atoms with Crippen LogP contribution in [0, 0.1) is 0 Å². The Bertz CT molecular complexity index is 1030. The molecule has 1 saturated heterocycles. The number of aromatic hydroxyl groups is 1. The van der Waals surface area contributed by atoms with E-state index in [1.54, 1.807) is 30.3 Å². The number of aliphatic hydroxyl groups is 1. The molecule has 32 heavy (non-hydrogen) atoms. The van der Waals surface area contributed by atoms with Crippen molar-refractivity contribution in [1.82, 2.24) is 9.80 Å². The number of halogens is 1. The maximum absolute atomic E-state index is 13.1. The molecular weight excluding hydrogens is 476 g/mol. The molecule has 2 aromatic carbocycles. The molecule has 1 aliphatic heterocycles. The van der Waals surface area contributed by atoms with Crippen LogP contribution in [0.4, 0.5) is 0 Å². The van der Waals surface area contributed by atoms with Crippen LogP contribution >= 0.6 is 15.9 Å². The molecule has 2 aromatic rings. The molecule has 1 unspecified atom stereocenters. The first kappa shape index (κ1) is 23.8. The Labute approximate surface area is 196 Å². The number of aliphatic hydroxyl groups excluding tert-OH is 1. The molecule has 2 N–H and O–H groups in total. The number of methoxy groups -OCH3 is 1. The first-order valence-electron chi connectivity index (χ1n) is 10.5. The lowest BCUT2D eigenvalue weighted by atomic mass is 9.95. The highest BCUT2D eigenvalue weighted by atomic mass is 79.9. The number of phenols is 1. The lowest BCUT2D eigenvalue weighted by molar-refractivity contribution is -0.140. The summed E-state index contributed by atoms with van der Waals surface area (Å²) in [6, 6.07) is 10.5. The van der Waals surface area contributed by atoms with E-state index in [4.69, 9.17) is 4.74 Å². The van der Waals surface area contributed by atoms with Crippen molar-refractivity contribution in [3.63, 3.8) is 0 Å². The van der Waals surface area contributed by atoms with E-state index in [9.17, 15) is 19.8 Å². The van der Waals surface area contributed by atoms with Crippen LogP contribution in [0.5, 0.6) is 11.5 Å². The molecule has 1 aliphatic rings. The number of ketones is 1. The molecule has 1 amide bonds. The zero-order valence-corrected chi connectivity index (χ0v) is 19.9. The van der Waals surface area contributed by atoms with E-state index in [2.05, 4.69) is 20.8 Å².